The average molecular weight is 279 g/mol. The number of nitrogen functional groups attached to an aromatic ring is 1. The molecule has 3 N–H and O–H groups in total. The lowest BCUT2D eigenvalue weighted by Crippen LogP contribution is -2.39. The van der Waals surface area contributed by atoms with Crippen LogP contribution in [0.2, 0.25) is 0 Å². The maximum Gasteiger partial charge on any atom is 0.239 e. The Bertz CT molecular complexity index is 456. The van der Waals surface area contributed by atoms with Crippen LogP contribution in [0.1, 0.15) is 39.5 Å². The summed E-state index contributed by atoms with van der Waals surface area (Å²) >= 11 is 0. The molecule has 1 aromatic rings. The lowest BCUT2D eigenvalue weighted by Gasteiger charge is -2.29. The molecule has 1 saturated carbocycles. The van der Waals surface area contributed by atoms with Gasteiger partial charge in [0.25, 0.3) is 0 Å². The number of likely N-dealkylation sites (N-methyl/N-ethyl adjacent to an activating group) is 1. The van der Waals surface area contributed by atoms with Gasteiger partial charge in [0.15, 0.2) is 0 Å². The number of nitrogens with zero attached hydrogens (tertiary/aromatic N) is 2. The summed E-state index contributed by atoms with van der Waals surface area (Å²) in [4.78, 5) is 6.42. The summed E-state index contributed by atoms with van der Waals surface area (Å²) in [6.45, 7) is 4.47. The van der Waals surface area contributed by atoms with Crippen LogP contribution in [-0.2, 0) is 0 Å². The molecule has 0 saturated heterocycles. The Hall–Kier alpha value is -1.49. The summed E-state index contributed by atoms with van der Waals surface area (Å²) in [5, 5.41) is 10.5. The summed E-state index contributed by atoms with van der Waals surface area (Å²) in [5.74, 6) is 1.23. The van der Waals surface area contributed by atoms with Crippen molar-refractivity contribution in [3.05, 3.63) is 12.1 Å². The number of anilines is 2. The first-order valence-corrected chi connectivity index (χ1v) is 7.26. The number of aliphatic hydroxyl groups is 1. The van der Waals surface area contributed by atoms with Gasteiger partial charge in [-0.05, 0) is 38.8 Å². The molecular weight excluding hydrogens is 254 g/mol. The number of aromatic nitrogens is 1. The fraction of sp³-hybridized carbons (Fsp3) is 0.667. The van der Waals surface area contributed by atoms with E-state index in [4.69, 9.17) is 10.5 Å². The highest BCUT2D eigenvalue weighted by molar-refractivity contribution is 5.54. The van der Waals surface area contributed by atoms with E-state index in [2.05, 4.69) is 4.98 Å². The molecule has 0 aromatic carbocycles. The van der Waals surface area contributed by atoms with Crippen LogP contribution in [0.5, 0.6) is 5.88 Å². The van der Waals surface area contributed by atoms with Crippen LogP contribution in [0, 0.1) is 0 Å². The minimum atomic E-state index is -0.586. The van der Waals surface area contributed by atoms with Crippen molar-refractivity contribution < 1.29 is 9.84 Å². The van der Waals surface area contributed by atoms with Crippen molar-refractivity contribution >= 4 is 11.5 Å². The molecule has 0 bridgehead atoms. The van der Waals surface area contributed by atoms with Gasteiger partial charge >= 0.3 is 0 Å². The molecule has 0 atom stereocenters. The predicted molar refractivity (Wildman–Crippen MR) is 81.1 cm³/mol. The van der Waals surface area contributed by atoms with Gasteiger partial charge in [-0.1, -0.05) is 12.8 Å². The number of nitrogens with two attached hydrogens (primary N) is 1. The van der Waals surface area contributed by atoms with Crippen LogP contribution in [0.15, 0.2) is 12.1 Å². The van der Waals surface area contributed by atoms with Crippen molar-refractivity contribution in [2.45, 2.75) is 51.2 Å². The molecule has 0 spiro atoms. The summed E-state index contributed by atoms with van der Waals surface area (Å²) < 4.78 is 5.61. The van der Waals surface area contributed by atoms with E-state index in [-0.39, 0.29) is 6.10 Å². The molecule has 1 aliphatic carbocycles. The lowest BCUT2D eigenvalue weighted by atomic mass is 10.0. The van der Waals surface area contributed by atoms with Gasteiger partial charge in [0.2, 0.25) is 5.88 Å². The summed E-state index contributed by atoms with van der Waals surface area (Å²) in [6.07, 6.45) is 3.95. The normalized spacial score (nSPS) is 17.4. The summed E-state index contributed by atoms with van der Waals surface area (Å²) in [5.41, 5.74) is 5.82. The number of hydrogen-bond donors (Lipinski definition) is 2. The largest absolute Gasteiger partial charge is 0.473 e. The first-order valence-electron chi connectivity index (χ1n) is 7.26. The fourth-order valence-corrected chi connectivity index (χ4v) is 2.69. The zero-order valence-corrected chi connectivity index (χ0v) is 12.6. The van der Waals surface area contributed by atoms with Gasteiger partial charge in [0.1, 0.15) is 5.82 Å². The zero-order chi connectivity index (χ0) is 14.8. The standard InChI is InChI=1S/C15H25N3O2/c1-11(2)20-14-12(16)6-7-13(17-14)18(3)10-15(19)8-4-5-9-15/h6-7,11,19H,4-5,8-10,16H2,1-3H3. The van der Waals surface area contributed by atoms with Crippen LogP contribution >= 0.6 is 0 Å². The quantitative estimate of drug-likeness (QED) is 0.864. The van der Waals surface area contributed by atoms with Crippen molar-refractivity contribution in [3.8, 4) is 5.88 Å². The number of rotatable bonds is 5. The van der Waals surface area contributed by atoms with Gasteiger partial charge in [-0.2, -0.15) is 4.98 Å². The highest BCUT2D eigenvalue weighted by Gasteiger charge is 2.32. The van der Waals surface area contributed by atoms with Crippen LogP contribution in [0.25, 0.3) is 0 Å². The average Bonchev–Trinajstić information content (AvgIpc) is 2.78. The van der Waals surface area contributed by atoms with Gasteiger partial charge in [0, 0.05) is 13.6 Å². The van der Waals surface area contributed by atoms with Crippen molar-refractivity contribution in [2.24, 2.45) is 0 Å². The summed E-state index contributed by atoms with van der Waals surface area (Å²) in [6, 6.07) is 3.66. The smallest absolute Gasteiger partial charge is 0.239 e. The second-order valence-electron chi connectivity index (χ2n) is 6.02. The van der Waals surface area contributed by atoms with Crippen molar-refractivity contribution in [1.82, 2.24) is 4.98 Å². The third-order valence-electron chi connectivity index (χ3n) is 3.68. The molecule has 0 aliphatic heterocycles. The van der Waals surface area contributed by atoms with E-state index in [1.165, 1.54) is 0 Å². The van der Waals surface area contributed by atoms with E-state index in [9.17, 15) is 5.11 Å². The molecule has 1 aliphatic rings. The molecule has 0 unspecified atom stereocenters. The zero-order valence-electron chi connectivity index (χ0n) is 12.6. The predicted octanol–water partition coefficient (Wildman–Crippen LogP) is 2.19. The number of pyridine rings is 1. The van der Waals surface area contributed by atoms with Crippen LogP contribution < -0.4 is 15.4 Å². The second kappa shape index (κ2) is 5.87. The SMILES string of the molecule is CC(C)Oc1nc(N(C)CC2(O)CCCC2)ccc1N. The lowest BCUT2D eigenvalue weighted by molar-refractivity contribution is 0.0557. The second-order valence-corrected chi connectivity index (χ2v) is 6.02. The molecular formula is C15H25N3O2. The Morgan fingerprint density at radius 3 is 2.65 bits per heavy atom. The maximum absolute atomic E-state index is 10.5. The van der Waals surface area contributed by atoms with Gasteiger partial charge in [-0.15, -0.1) is 0 Å². The maximum atomic E-state index is 10.5. The Kier molecular flexibility index (Phi) is 4.38. The summed E-state index contributed by atoms with van der Waals surface area (Å²) in [7, 11) is 1.94. The Labute approximate surface area is 120 Å². The molecule has 0 radical (unpaired) electrons. The van der Waals surface area contributed by atoms with Crippen LogP contribution in [0.4, 0.5) is 11.5 Å². The molecule has 1 fully saturated rings. The molecule has 1 heterocycles. The molecule has 20 heavy (non-hydrogen) atoms. The number of hydrogen-bond acceptors (Lipinski definition) is 5. The molecule has 0 amide bonds. The fourth-order valence-electron chi connectivity index (χ4n) is 2.69. The van der Waals surface area contributed by atoms with E-state index in [1.54, 1.807) is 6.07 Å². The third-order valence-corrected chi connectivity index (χ3v) is 3.68. The first-order chi connectivity index (χ1) is 9.39. The highest BCUT2D eigenvalue weighted by Crippen LogP contribution is 2.31. The van der Waals surface area contributed by atoms with Crippen molar-refractivity contribution in [1.29, 1.82) is 0 Å². The Balaban J connectivity index is 2.11. The highest BCUT2D eigenvalue weighted by atomic mass is 16.5. The molecule has 5 nitrogen and oxygen atoms in total. The van der Waals surface area contributed by atoms with Gasteiger partial charge < -0.3 is 20.5 Å². The number of ether oxygens (including phenoxy) is 1. The Morgan fingerprint density at radius 1 is 1.40 bits per heavy atom. The van der Waals surface area contributed by atoms with E-state index in [0.29, 0.717) is 18.1 Å². The first kappa shape index (κ1) is 14.9. The minimum Gasteiger partial charge on any atom is -0.473 e. The van der Waals surface area contributed by atoms with E-state index in [0.717, 1.165) is 31.5 Å². The molecule has 112 valence electrons. The van der Waals surface area contributed by atoms with Gasteiger partial charge in [-0.25, -0.2) is 0 Å². The van der Waals surface area contributed by atoms with Gasteiger partial charge in [-0.3, -0.25) is 0 Å². The molecule has 5 heteroatoms. The Morgan fingerprint density at radius 2 is 2.05 bits per heavy atom. The molecule has 1 aromatic heterocycles. The van der Waals surface area contributed by atoms with E-state index < -0.39 is 5.60 Å². The minimum absolute atomic E-state index is 0.0318. The third kappa shape index (κ3) is 3.54. The monoisotopic (exact) mass is 279 g/mol. The van der Waals surface area contributed by atoms with Crippen molar-refractivity contribution in [3.63, 3.8) is 0 Å². The van der Waals surface area contributed by atoms with Gasteiger partial charge in [0.05, 0.1) is 17.4 Å². The van der Waals surface area contributed by atoms with E-state index in [1.807, 2.05) is 31.9 Å². The topological polar surface area (TPSA) is 71.6 Å². The van der Waals surface area contributed by atoms with E-state index >= 15 is 0 Å². The van der Waals surface area contributed by atoms with Crippen LogP contribution in [0.3, 0.4) is 0 Å². The van der Waals surface area contributed by atoms with Crippen LogP contribution in [-0.4, -0.2) is 35.4 Å². The van der Waals surface area contributed by atoms with Crippen molar-refractivity contribution in [2.75, 3.05) is 24.2 Å². The molecule has 2 rings (SSSR count).